The van der Waals surface area contributed by atoms with Crippen molar-refractivity contribution in [2.45, 2.75) is 6.54 Å². The third-order valence-corrected chi connectivity index (χ3v) is 2.99. The molecule has 0 aliphatic heterocycles. The minimum Gasteiger partial charge on any atom is -0.396 e. The highest BCUT2D eigenvalue weighted by molar-refractivity contribution is 9.10. The van der Waals surface area contributed by atoms with Gasteiger partial charge in [0.1, 0.15) is 11.6 Å². The number of rotatable bonds is 3. The highest BCUT2D eigenvalue weighted by atomic mass is 79.9. The van der Waals surface area contributed by atoms with Crippen LogP contribution in [0.2, 0.25) is 0 Å². The quantitative estimate of drug-likeness (QED) is 0.914. The fraction of sp³-hybridized carbons (Fsp3) is 0.0833. The maximum absolute atomic E-state index is 13.4. The fourth-order valence-electron chi connectivity index (χ4n) is 1.50. The van der Waals surface area contributed by atoms with Gasteiger partial charge in [-0.25, -0.2) is 8.78 Å². The average molecular weight is 314 g/mol. The molecule has 0 unspecified atom stereocenters. The average Bonchev–Trinajstić information content (AvgIpc) is 2.33. The molecule has 0 bridgehead atoms. The molecule has 18 heavy (non-hydrogen) atoms. The Bertz CT molecular complexity index is 555. The van der Waals surface area contributed by atoms with Crippen molar-refractivity contribution in [3.63, 3.8) is 0 Å². The van der Waals surface area contributed by atoms with E-state index in [4.69, 9.17) is 5.73 Å². The minimum atomic E-state index is -0.477. The zero-order chi connectivity index (χ0) is 13.1. The van der Waals surface area contributed by atoms with Gasteiger partial charge in [-0.1, -0.05) is 0 Å². The predicted octanol–water partition coefficient (Wildman–Crippen LogP) is 3.32. The minimum absolute atomic E-state index is 0.135. The molecule has 94 valence electrons. The third kappa shape index (κ3) is 2.76. The lowest BCUT2D eigenvalue weighted by atomic mass is 10.2. The zero-order valence-electron chi connectivity index (χ0n) is 9.25. The molecule has 0 radical (unpaired) electrons. The molecule has 6 heteroatoms. The van der Waals surface area contributed by atoms with Gasteiger partial charge in [0.25, 0.3) is 0 Å². The highest BCUT2D eigenvalue weighted by Gasteiger charge is 2.07. The van der Waals surface area contributed by atoms with Crippen LogP contribution in [0, 0.1) is 11.6 Å². The molecule has 2 aromatic rings. The van der Waals surface area contributed by atoms with Gasteiger partial charge in [0.05, 0.1) is 22.0 Å². The normalized spacial score (nSPS) is 10.4. The van der Waals surface area contributed by atoms with E-state index in [1.165, 1.54) is 6.20 Å². The number of hydrogen-bond donors (Lipinski definition) is 2. The number of hydrogen-bond acceptors (Lipinski definition) is 3. The Labute approximate surface area is 111 Å². The van der Waals surface area contributed by atoms with Crippen molar-refractivity contribution in [3.05, 3.63) is 52.3 Å². The molecule has 0 aliphatic rings. The second kappa shape index (κ2) is 5.30. The van der Waals surface area contributed by atoms with Gasteiger partial charge in [-0.05, 0) is 34.1 Å². The molecular weight excluding hydrogens is 304 g/mol. The van der Waals surface area contributed by atoms with Crippen molar-refractivity contribution < 1.29 is 8.78 Å². The van der Waals surface area contributed by atoms with Gasteiger partial charge in [-0.15, -0.1) is 0 Å². The Morgan fingerprint density at radius 2 is 2.06 bits per heavy atom. The first-order chi connectivity index (χ1) is 8.58. The zero-order valence-corrected chi connectivity index (χ0v) is 10.8. The fourth-order valence-corrected chi connectivity index (χ4v) is 1.99. The molecule has 1 heterocycles. The standard InChI is InChI=1S/C12H10BrF2N3/c13-9-5-17-6-11(16)12(9)18-4-7-3-8(14)1-2-10(7)15/h1-3,5-6H,4,16H2,(H,17,18). The molecule has 0 amide bonds. The summed E-state index contributed by atoms with van der Waals surface area (Å²) in [6.07, 6.45) is 3.05. The molecule has 0 fully saturated rings. The lowest BCUT2D eigenvalue weighted by Gasteiger charge is -2.11. The van der Waals surface area contributed by atoms with Gasteiger partial charge >= 0.3 is 0 Å². The number of anilines is 2. The Kier molecular flexibility index (Phi) is 3.76. The first-order valence-corrected chi connectivity index (χ1v) is 5.94. The number of nitrogens with zero attached hydrogens (tertiary/aromatic N) is 1. The number of nitrogen functional groups attached to an aromatic ring is 1. The smallest absolute Gasteiger partial charge is 0.128 e. The van der Waals surface area contributed by atoms with E-state index in [0.717, 1.165) is 18.2 Å². The molecule has 0 aliphatic carbocycles. The van der Waals surface area contributed by atoms with Crippen molar-refractivity contribution in [3.8, 4) is 0 Å². The number of benzene rings is 1. The molecule has 2 rings (SSSR count). The molecule has 0 spiro atoms. The van der Waals surface area contributed by atoms with E-state index in [1.807, 2.05) is 0 Å². The SMILES string of the molecule is Nc1cncc(Br)c1NCc1cc(F)ccc1F. The summed E-state index contributed by atoms with van der Waals surface area (Å²) in [6, 6.07) is 3.32. The summed E-state index contributed by atoms with van der Waals surface area (Å²) in [5, 5.41) is 2.95. The van der Waals surface area contributed by atoms with Gasteiger partial charge < -0.3 is 11.1 Å². The van der Waals surface area contributed by atoms with Crippen LogP contribution >= 0.6 is 15.9 Å². The van der Waals surface area contributed by atoms with Crippen molar-refractivity contribution >= 4 is 27.3 Å². The van der Waals surface area contributed by atoms with E-state index in [-0.39, 0.29) is 12.1 Å². The van der Waals surface area contributed by atoms with Crippen molar-refractivity contribution in [1.82, 2.24) is 4.98 Å². The maximum atomic E-state index is 13.4. The van der Waals surface area contributed by atoms with Crippen molar-refractivity contribution in [2.24, 2.45) is 0 Å². The summed E-state index contributed by atoms with van der Waals surface area (Å²) in [7, 11) is 0. The number of pyridine rings is 1. The van der Waals surface area contributed by atoms with Crippen LogP contribution < -0.4 is 11.1 Å². The molecule has 0 atom stereocenters. The van der Waals surface area contributed by atoms with Gasteiger partial charge in [-0.2, -0.15) is 0 Å². The van der Waals surface area contributed by atoms with E-state index in [2.05, 4.69) is 26.2 Å². The monoisotopic (exact) mass is 313 g/mol. The van der Waals surface area contributed by atoms with Crippen LogP contribution in [0.25, 0.3) is 0 Å². The second-order valence-corrected chi connectivity index (χ2v) is 4.53. The lowest BCUT2D eigenvalue weighted by Crippen LogP contribution is -2.05. The van der Waals surface area contributed by atoms with Crippen LogP contribution in [0.5, 0.6) is 0 Å². The van der Waals surface area contributed by atoms with Crippen LogP contribution in [-0.2, 0) is 6.54 Å². The Morgan fingerprint density at radius 3 is 2.78 bits per heavy atom. The van der Waals surface area contributed by atoms with Gasteiger partial charge in [0.2, 0.25) is 0 Å². The van der Waals surface area contributed by atoms with E-state index < -0.39 is 11.6 Å². The van der Waals surface area contributed by atoms with E-state index >= 15 is 0 Å². The molecular formula is C12H10BrF2N3. The van der Waals surface area contributed by atoms with E-state index in [1.54, 1.807) is 6.20 Å². The van der Waals surface area contributed by atoms with E-state index in [9.17, 15) is 8.78 Å². The second-order valence-electron chi connectivity index (χ2n) is 3.67. The van der Waals surface area contributed by atoms with Crippen molar-refractivity contribution in [1.29, 1.82) is 0 Å². The summed E-state index contributed by atoms with van der Waals surface area (Å²) < 4.78 is 27.1. The molecule has 1 aromatic carbocycles. The van der Waals surface area contributed by atoms with Crippen LogP contribution in [0.3, 0.4) is 0 Å². The number of aromatic nitrogens is 1. The first kappa shape index (κ1) is 12.8. The van der Waals surface area contributed by atoms with E-state index in [0.29, 0.717) is 15.8 Å². The molecule has 3 nitrogen and oxygen atoms in total. The number of nitrogens with one attached hydrogen (secondary N) is 1. The topological polar surface area (TPSA) is 50.9 Å². The Balaban J connectivity index is 2.19. The highest BCUT2D eigenvalue weighted by Crippen LogP contribution is 2.27. The van der Waals surface area contributed by atoms with Crippen LogP contribution in [-0.4, -0.2) is 4.98 Å². The molecule has 3 N–H and O–H groups in total. The van der Waals surface area contributed by atoms with Crippen LogP contribution in [0.4, 0.5) is 20.2 Å². The van der Waals surface area contributed by atoms with Crippen LogP contribution in [0.15, 0.2) is 35.1 Å². The summed E-state index contributed by atoms with van der Waals surface area (Å²) in [4.78, 5) is 3.89. The Hall–Kier alpha value is -1.69. The van der Waals surface area contributed by atoms with Crippen LogP contribution in [0.1, 0.15) is 5.56 Å². The largest absolute Gasteiger partial charge is 0.396 e. The Morgan fingerprint density at radius 1 is 1.28 bits per heavy atom. The predicted molar refractivity (Wildman–Crippen MR) is 70.0 cm³/mol. The lowest BCUT2D eigenvalue weighted by molar-refractivity contribution is 0.587. The van der Waals surface area contributed by atoms with Crippen molar-refractivity contribution in [2.75, 3.05) is 11.1 Å². The van der Waals surface area contributed by atoms with Gasteiger partial charge in [0, 0.05) is 18.3 Å². The third-order valence-electron chi connectivity index (χ3n) is 2.39. The summed E-state index contributed by atoms with van der Waals surface area (Å²) in [5.41, 5.74) is 7.00. The molecule has 0 saturated carbocycles. The molecule has 0 saturated heterocycles. The molecule has 1 aromatic heterocycles. The first-order valence-electron chi connectivity index (χ1n) is 5.14. The summed E-state index contributed by atoms with van der Waals surface area (Å²) in [6.45, 7) is 0.135. The number of nitrogens with two attached hydrogens (primary N) is 1. The summed E-state index contributed by atoms with van der Waals surface area (Å²) >= 11 is 3.28. The van der Waals surface area contributed by atoms with Gasteiger partial charge in [0.15, 0.2) is 0 Å². The number of halogens is 3. The summed E-state index contributed by atoms with van der Waals surface area (Å²) in [5.74, 6) is -0.942. The van der Waals surface area contributed by atoms with Gasteiger partial charge in [-0.3, -0.25) is 4.98 Å². The maximum Gasteiger partial charge on any atom is 0.128 e.